The van der Waals surface area contributed by atoms with Gasteiger partial charge in [0.15, 0.2) is 5.13 Å². The van der Waals surface area contributed by atoms with Crippen molar-refractivity contribution in [3.8, 4) is 17.6 Å². The summed E-state index contributed by atoms with van der Waals surface area (Å²) in [6.07, 6.45) is -4.68. The van der Waals surface area contributed by atoms with Crippen molar-refractivity contribution in [2.24, 2.45) is 0 Å². The van der Waals surface area contributed by atoms with Crippen molar-refractivity contribution in [2.45, 2.75) is 13.3 Å². The number of fused-ring (bicyclic) bond motifs is 1. The molecule has 1 heterocycles. The molecule has 2 rings (SSSR count). The molecule has 0 saturated carbocycles. The minimum Gasteiger partial charge on any atom is -0.406 e. The van der Waals surface area contributed by atoms with Crippen molar-refractivity contribution in [2.75, 3.05) is 11.9 Å². The number of nitrogens with zero attached hydrogens (tertiary/aromatic N) is 1. The number of benzene rings is 1. The van der Waals surface area contributed by atoms with Crippen LogP contribution in [0.2, 0.25) is 0 Å². The molecule has 0 unspecified atom stereocenters. The minimum atomic E-state index is -4.68. The lowest BCUT2D eigenvalue weighted by molar-refractivity contribution is -0.274. The van der Waals surface area contributed by atoms with E-state index in [0.717, 1.165) is 0 Å². The summed E-state index contributed by atoms with van der Waals surface area (Å²) in [7, 11) is 0. The van der Waals surface area contributed by atoms with Crippen LogP contribution in [0.3, 0.4) is 0 Å². The maximum absolute atomic E-state index is 12.1. The normalized spacial score (nSPS) is 10.4. The molecule has 0 bridgehead atoms. The maximum Gasteiger partial charge on any atom is 0.573 e. The highest BCUT2D eigenvalue weighted by Crippen LogP contribution is 2.31. The summed E-state index contributed by atoms with van der Waals surface area (Å²) in [4.78, 5) is 4.22. The Bertz CT molecular complexity index is 645. The lowest BCUT2D eigenvalue weighted by Crippen LogP contribution is -2.16. The van der Waals surface area contributed by atoms with E-state index in [4.69, 9.17) is 0 Å². The molecule has 0 atom stereocenters. The zero-order chi connectivity index (χ0) is 13.9. The number of halogens is 4. The third-order valence-corrected chi connectivity index (χ3v) is 3.07. The van der Waals surface area contributed by atoms with Gasteiger partial charge in [-0.1, -0.05) is 17.3 Å². The summed E-state index contributed by atoms with van der Waals surface area (Å²) in [5.41, 5.74) is 0.617. The van der Waals surface area contributed by atoms with Crippen LogP contribution >= 0.6 is 23.7 Å². The first-order valence-corrected chi connectivity index (χ1v) is 6.09. The Morgan fingerprint density at radius 1 is 1.40 bits per heavy atom. The van der Waals surface area contributed by atoms with Gasteiger partial charge in [0.25, 0.3) is 0 Å². The zero-order valence-electron chi connectivity index (χ0n) is 10.2. The Kier molecular flexibility index (Phi) is 5.48. The largest absolute Gasteiger partial charge is 0.573 e. The molecule has 2 aromatic rings. The van der Waals surface area contributed by atoms with Gasteiger partial charge in [-0.3, -0.25) is 0 Å². The minimum absolute atomic E-state index is 0. The maximum atomic E-state index is 12.1. The van der Waals surface area contributed by atoms with Crippen LogP contribution in [-0.2, 0) is 0 Å². The first-order chi connectivity index (χ1) is 8.98. The van der Waals surface area contributed by atoms with Gasteiger partial charge in [0, 0.05) is 6.07 Å². The molecule has 0 fully saturated rings. The Hall–Kier alpha value is -1.65. The molecule has 1 N–H and O–H groups in total. The van der Waals surface area contributed by atoms with Crippen LogP contribution < -0.4 is 10.1 Å². The number of aromatic nitrogens is 1. The molecule has 1 aromatic carbocycles. The van der Waals surface area contributed by atoms with Gasteiger partial charge in [-0.25, -0.2) is 4.98 Å². The van der Waals surface area contributed by atoms with E-state index in [1.807, 2.05) is 0 Å². The van der Waals surface area contributed by atoms with E-state index in [0.29, 0.717) is 21.9 Å². The molecule has 0 spiro atoms. The standard InChI is InChI=1S/C12H9F3N2OS.ClH/c1-2-3-6-16-11-17-9-5-4-8(7-10(9)19-11)18-12(13,14)15;/h4-5,7H,6H2,1H3,(H,16,17);1H. The average Bonchev–Trinajstić information content (AvgIpc) is 2.69. The third kappa shape index (κ3) is 4.47. The molecule has 0 aliphatic rings. The predicted octanol–water partition coefficient (Wildman–Crippen LogP) is 4.05. The highest BCUT2D eigenvalue weighted by atomic mass is 35.5. The van der Waals surface area contributed by atoms with E-state index in [-0.39, 0.29) is 18.2 Å². The Labute approximate surface area is 123 Å². The molecule has 0 amide bonds. The van der Waals surface area contributed by atoms with Crippen molar-refractivity contribution in [1.82, 2.24) is 4.98 Å². The van der Waals surface area contributed by atoms with Crippen molar-refractivity contribution in [3.05, 3.63) is 18.2 Å². The van der Waals surface area contributed by atoms with Crippen LogP contribution in [-0.4, -0.2) is 17.9 Å². The molecule has 0 radical (unpaired) electrons. The van der Waals surface area contributed by atoms with Crippen LogP contribution in [0.15, 0.2) is 18.2 Å². The number of rotatable bonds is 3. The van der Waals surface area contributed by atoms with Gasteiger partial charge in [-0.2, -0.15) is 0 Å². The molecule has 108 valence electrons. The molecule has 0 saturated heterocycles. The van der Waals surface area contributed by atoms with Crippen LogP contribution in [0.5, 0.6) is 5.75 Å². The molecule has 20 heavy (non-hydrogen) atoms. The number of alkyl halides is 3. The van der Waals surface area contributed by atoms with E-state index in [1.54, 1.807) is 6.92 Å². The summed E-state index contributed by atoms with van der Waals surface area (Å²) in [5.74, 6) is 5.29. The second kappa shape index (κ2) is 6.68. The second-order valence-electron chi connectivity index (χ2n) is 3.48. The van der Waals surface area contributed by atoms with Gasteiger partial charge in [0.1, 0.15) is 5.75 Å². The smallest absolute Gasteiger partial charge is 0.406 e. The van der Waals surface area contributed by atoms with Crippen molar-refractivity contribution in [3.63, 3.8) is 0 Å². The molecule has 1 aromatic heterocycles. The quantitative estimate of drug-likeness (QED) is 0.866. The summed E-state index contributed by atoms with van der Waals surface area (Å²) in [6, 6.07) is 4.05. The first kappa shape index (κ1) is 16.4. The van der Waals surface area contributed by atoms with Gasteiger partial charge in [0.2, 0.25) is 0 Å². The van der Waals surface area contributed by atoms with E-state index in [9.17, 15) is 13.2 Å². The number of hydrogen-bond acceptors (Lipinski definition) is 4. The third-order valence-electron chi connectivity index (χ3n) is 2.10. The topological polar surface area (TPSA) is 34.2 Å². The first-order valence-electron chi connectivity index (χ1n) is 5.28. The molecular formula is C12H10ClF3N2OS. The van der Waals surface area contributed by atoms with E-state index in [1.165, 1.54) is 29.5 Å². The molecular weight excluding hydrogens is 313 g/mol. The fourth-order valence-electron chi connectivity index (χ4n) is 1.39. The highest BCUT2D eigenvalue weighted by molar-refractivity contribution is 7.22. The fourth-order valence-corrected chi connectivity index (χ4v) is 2.28. The van der Waals surface area contributed by atoms with Crippen molar-refractivity contribution >= 4 is 39.1 Å². The average molecular weight is 323 g/mol. The summed E-state index contributed by atoms with van der Waals surface area (Å²) in [5, 5.41) is 3.59. The second-order valence-corrected chi connectivity index (χ2v) is 4.51. The summed E-state index contributed by atoms with van der Waals surface area (Å²) < 4.78 is 40.7. The van der Waals surface area contributed by atoms with Crippen molar-refractivity contribution in [1.29, 1.82) is 0 Å². The van der Waals surface area contributed by atoms with Gasteiger partial charge in [-0.15, -0.1) is 31.5 Å². The van der Waals surface area contributed by atoms with E-state index in [2.05, 4.69) is 26.9 Å². The fraction of sp³-hybridized carbons (Fsp3) is 0.250. The Morgan fingerprint density at radius 3 is 2.80 bits per heavy atom. The van der Waals surface area contributed by atoms with Crippen LogP contribution in [0.25, 0.3) is 10.2 Å². The monoisotopic (exact) mass is 322 g/mol. The number of nitrogens with one attached hydrogen (secondary N) is 1. The molecule has 8 heteroatoms. The van der Waals surface area contributed by atoms with E-state index >= 15 is 0 Å². The number of hydrogen-bond donors (Lipinski definition) is 1. The number of thiazole rings is 1. The van der Waals surface area contributed by atoms with Gasteiger partial charge in [0.05, 0.1) is 16.8 Å². The van der Waals surface area contributed by atoms with E-state index < -0.39 is 6.36 Å². The van der Waals surface area contributed by atoms with Gasteiger partial charge < -0.3 is 10.1 Å². The zero-order valence-corrected chi connectivity index (χ0v) is 11.9. The van der Waals surface area contributed by atoms with Gasteiger partial charge >= 0.3 is 6.36 Å². The molecule has 0 aliphatic carbocycles. The summed E-state index contributed by atoms with van der Waals surface area (Å²) in [6.45, 7) is 2.17. The number of ether oxygens (including phenoxy) is 1. The molecule has 0 aliphatic heterocycles. The van der Waals surface area contributed by atoms with Crippen LogP contribution in [0.1, 0.15) is 6.92 Å². The van der Waals surface area contributed by atoms with Crippen LogP contribution in [0, 0.1) is 11.8 Å². The lowest BCUT2D eigenvalue weighted by atomic mass is 10.3. The van der Waals surface area contributed by atoms with Crippen LogP contribution in [0.4, 0.5) is 18.3 Å². The number of anilines is 1. The van der Waals surface area contributed by atoms with Gasteiger partial charge in [-0.05, 0) is 19.1 Å². The Balaban J connectivity index is 0.00000200. The van der Waals surface area contributed by atoms with Crippen molar-refractivity contribution < 1.29 is 17.9 Å². The Morgan fingerprint density at radius 2 is 2.15 bits per heavy atom. The molecule has 3 nitrogen and oxygen atoms in total. The predicted molar refractivity (Wildman–Crippen MR) is 75.5 cm³/mol. The lowest BCUT2D eigenvalue weighted by Gasteiger charge is -2.07. The summed E-state index contributed by atoms with van der Waals surface area (Å²) >= 11 is 1.25. The SMILES string of the molecule is CC#CCNc1nc2ccc(OC(F)(F)F)cc2s1.Cl. The highest BCUT2D eigenvalue weighted by Gasteiger charge is 2.31.